The van der Waals surface area contributed by atoms with E-state index < -0.39 is 5.97 Å². The summed E-state index contributed by atoms with van der Waals surface area (Å²) in [4.78, 5) is 17.0. The van der Waals surface area contributed by atoms with Crippen molar-refractivity contribution in [3.05, 3.63) is 48.5 Å². The summed E-state index contributed by atoms with van der Waals surface area (Å²) in [6.07, 6.45) is 6.61. The van der Waals surface area contributed by atoms with Gasteiger partial charge in [0.15, 0.2) is 0 Å². The maximum absolute atomic E-state index is 10.8. The maximum atomic E-state index is 10.8. The average molecular weight is 287 g/mol. The van der Waals surface area contributed by atoms with Gasteiger partial charge < -0.3 is 14.6 Å². The molecule has 1 N–H and O–H groups in total. The van der Waals surface area contributed by atoms with E-state index in [2.05, 4.69) is 22.9 Å². The van der Waals surface area contributed by atoms with E-state index in [9.17, 15) is 4.79 Å². The Bertz CT molecular complexity index is 567. The fourth-order valence-electron chi connectivity index (χ4n) is 2.36. The highest BCUT2D eigenvalue weighted by atomic mass is 16.4. The van der Waals surface area contributed by atoms with Gasteiger partial charge in [0.1, 0.15) is 0 Å². The molecule has 2 aromatic rings. The molecular formula is C16H21N3O2. The smallest absolute Gasteiger partial charge is 0.305 e. The Balaban J connectivity index is 1.98. The van der Waals surface area contributed by atoms with Crippen LogP contribution in [-0.4, -0.2) is 33.7 Å². The lowest BCUT2D eigenvalue weighted by atomic mass is 10.1. The molecule has 0 saturated carbocycles. The minimum atomic E-state index is -0.761. The lowest BCUT2D eigenvalue weighted by molar-refractivity contribution is -0.136. The zero-order chi connectivity index (χ0) is 15.1. The topological polar surface area (TPSA) is 58.4 Å². The highest BCUT2D eigenvalue weighted by Crippen LogP contribution is 2.20. The molecule has 1 aromatic heterocycles. The molecule has 5 heteroatoms. The fourth-order valence-corrected chi connectivity index (χ4v) is 2.36. The van der Waals surface area contributed by atoms with Crippen LogP contribution in [0.4, 0.5) is 5.69 Å². The van der Waals surface area contributed by atoms with Gasteiger partial charge in [0, 0.05) is 37.7 Å². The highest BCUT2D eigenvalue weighted by molar-refractivity contribution is 5.68. The Kier molecular flexibility index (Phi) is 5.37. The van der Waals surface area contributed by atoms with Crippen molar-refractivity contribution in [3.63, 3.8) is 0 Å². The number of benzene rings is 1. The van der Waals surface area contributed by atoms with E-state index in [0.29, 0.717) is 6.54 Å². The third-order valence-electron chi connectivity index (χ3n) is 3.46. The van der Waals surface area contributed by atoms with Crippen LogP contribution < -0.4 is 4.90 Å². The lowest BCUT2D eigenvalue weighted by Crippen LogP contribution is -2.28. The van der Waals surface area contributed by atoms with E-state index in [1.807, 2.05) is 29.0 Å². The van der Waals surface area contributed by atoms with E-state index in [1.54, 1.807) is 12.5 Å². The van der Waals surface area contributed by atoms with Gasteiger partial charge in [-0.25, -0.2) is 4.98 Å². The van der Waals surface area contributed by atoms with Crippen LogP contribution in [0, 0.1) is 6.92 Å². The van der Waals surface area contributed by atoms with E-state index in [0.717, 1.165) is 25.2 Å². The molecule has 0 fully saturated rings. The third kappa shape index (κ3) is 4.63. The molecule has 0 bridgehead atoms. The molecule has 0 unspecified atom stereocenters. The van der Waals surface area contributed by atoms with Crippen LogP contribution in [0.25, 0.3) is 0 Å². The Morgan fingerprint density at radius 2 is 2.14 bits per heavy atom. The number of aromatic nitrogens is 2. The van der Waals surface area contributed by atoms with Crippen LogP contribution >= 0.6 is 0 Å². The lowest BCUT2D eigenvalue weighted by Gasteiger charge is -2.26. The van der Waals surface area contributed by atoms with Gasteiger partial charge in [0.25, 0.3) is 0 Å². The van der Waals surface area contributed by atoms with Crippen LogP contribution in [0.3, 0.4) is 0 Å². The number of hydrogen-bond acceptors (Lipinski definition) is 3. The standard InChI is InChI=1S/C16H21N3O2/c1-14-5-2-3-6-15(14)19(11-7-16(20)21)10-4-9-18-12-8-17-13-18/h2-3,5-6,8,12-13H,4,7,9-11H2,1H3,(H,20,21). The van der Waals surface area contributed by atoms with Crippen molar-refractivity contribution in [2.75, 3.05) is 18.0 Å². The fraction of sp³-hybridized carbons (Fsp3) is 0.375. The predicted octanol–water partition coefficient (Wildman–Crippen LogP) is 2.56. The van der Waals surface area contributed by atoms with Gasteiger partial charge in [-0.3, -0.25) is 4.79 Å². The van der Waals surface area contributed by atoms with Crippen LogP contribution in [0.5, 0.6) is 0 Å². The predicted molar refractivity (Wildman–Crippen MR) is 82.5 cm³/mol. The molecule has 0 aliphatic heterocycles. The number of aryl methyl sites for hydroxylation is 2. The van der Waals surface area contributed by atoms with Crippen molar-refractivity contribution in [1.29, 1.82) is 0 Å². The second kappa shape index (κ2) is 7.47. The number of aliphatic carboxylic acids is 1. The molecule has 1 aromatic carbocycles. The summed E-state index contributed by atoms with van der Waals surface area (Å²) in [7, 11) is 0. The van der Waals surface area contributed by atoms with E-state index in [1.165, 1.54) is 5.56 Å². The van der Waals surface area contributed by atoms with Crippen LogP contribution in [0.15, 0.2) is 43.0 Å². The summed E-state index contributed by atoms with van der Waals surface area (Å²) in [5, 5.41) is 8.92. The first-order valence-corrected chi connectivity index (χ1v) is 7.15. The highest BCUT2D eigenvalue weighted by Gasteiger charge is 2.10. The molecule has 0 aliphatic carbocycles. The second-order valence-electron chi connectivity index (χ2n) is 5.07. The van der Waals surface area contributed by atoms with Crippen molar-refractivity contribution in [1.82, 2.24) is 9.55 Å². The SMILES string of the molecule is Cc1ccccc1N(CCCn1ccnc1)CCC(=O)O. The molecule has 0 amide bonds. The molecule has 0 radical (unpaired) electrons. The summed E-state index contributed by atoms with van der Waals surface area (Å²) in [5.41, 5.74) is 2.29. The summed E-state index contributed by atoms with van der Waals surface area (Å²) < 4.78 is 2.03. The Morgan fingerprint density at radius 1 is 1.33 bits per heavy atom. The van der Waals surface area contributed by atoms with Gasteiger partial charge in [0.05, 0.1) is 12.7 Å². The van der Waals surface area contributed by atoms with Gasteiger partial charge in [0.2, 0.25) is 0 Å². The molecule has 112 valence electrons. The molecule has 0 aliphatic rings. The van der Waals surface area contributed by atoms with Crippen LogP contribution in [-0.2, 0) is 11.3 Å². The number of carboxylic acids is 1. The molecule has 21 heavy (non-hydrogen) atoms. The normalized spacial score (nSPS) is 10.5. The quantitative estimate of drug-likeness (QED) is 0.810. The van der Waals surface area contributed by atoms with E-state index >= 15 is 0 Å². The molecule has 0 atom stereocenters. The first-order chi connectivity index (χ1) is 10.2. The molecule has 2 rings (SSSR count). The van der Waals surface area contributed by atoms with Crippen LogP contribution in [0.2, 0.25) is 0 Å². The summed E-state index contributed by atoms with van der Waals surface area (Å²) in [5.74, 6) is -0.761. The Labute approximate surface area is 124 Å². The van der Waals surface area contributed by atoms with Gasteiger partial charge >= 0.3 is 5.97 Å². The molecule has 0 spiro atoms. The minimum absolute atomic E-state index is 0.152. The van der Waals surface area contributed by atoms with Crippen LogP contribution in [0.1, 0.15) is 18.4 Å². The van der Waals surface area contributed by atoms with E-state index in [-0.39, 0.29) is 6.42 Å². The first kappa shape index (κ1) is 15.1. The van der Waals surface area contributed by atoms with Crippen molar-refractivity contribution < 1.29 is 9.90 Å². The van der Waals surface area contributed by atoms with Crippen molar-refractivity contribution in [3.8, 4) is 0 Å². The number of imidazole rings is 1. The van der Waals surface area contributed by atoms with Gasteiger partial charge in [-0.05, 0) is 25.0 Å². The third-order valence-corrected chi connectivity index (χ3v) is 3.46. The average Bonchev–Trinajstić information content (AvgIpc) is 2.96. The zero-order valence-corrected chi connectivity index (χ0v) is 12.3. The summed E-state index contributed by atoms with van der Waals surface area (Å²) in [6, 6.07) is 8.10. The summed E-state index contributed by atoms with van der Waals surface area (Å²) >= 11 is 0. The number of para-hydroxylation sites is 1. The maximum Gasteiger partial charge on any atom is 0.305 e. The van der Waals surface area contributed by atoms with Gasteiger partial charge in [-0.1, -0.05) is 18.2 Å². The number of carbonyl (C=O) groups is 1. The van der Waals surface area contributed by atoms with E-state index in [4.69, 9.17) is 5.11 Å². The molecular weight excluding hydrogens is 266 g/mol. The largest absolute Gasteiger partial charge is 0.481 e. The molecule has 0 saturated heterocycles. The first-order valence-electron chi connectivity index (χ1n) is 7.15. The van der Waals surface area contributed by atoms with Crippen molar-refractivity contribution >= 4 is 11.7 Å². The Morgan fingerprint density at radius 3 is 2.81 bits per heavy atom. The number of nitrogens with zero attached hydrogens (tertiary/aromatic N) is 3. The Hall–Kier alpha value is -2.30. The zero-order valence-electron chi connectivity index (χ0n) is 12.3. The number of carboxylic acid groups (broad SMARTS) is 1. The minimum Gasteiger partial charge on any atom is -0.481 e. The van der Waals surface area contributed by atoms with Gasteiger partial charge in [-0.15, -0.1) is 0 Å². The molecule has 5 nitrogen and oxygen atoms in total. The number of hydrogen-bond donors (Lipinski definition) is 1. The van der Waals surface area contributed by atoms with Crippen molar-refractivity contribution in [2.45, 2.75) is 26.3 Å². The van der Waals surface area contributed by atoms with Gasteiger partial charge in [-0.2, -0.15) is 0 Å². The number of rotatable bonds is 8. The molecule has 1 heterocycles. The summed E-state index contributed by atoms with van der Waals surface area (Å²) in [6.45, 7) is 4.30. The van der Waals surface area contributed by atoms with Crippen molar-refractivity contribution in [2.24, 2.45) is 0 Å². The number of anilines is 1. The monoisotopic (exact) mass is 287 g/mol. The second-order valence-corrected chi connectivity index (χ2v) is 5.07.